The standard InChI is InChI=1S/C3H4N4.2ClH/c4-3-6-1-5-2-7-3;;/h1-2H,(H2,4,5,6,7);2*1H. The number of rotatable bonds is 0. The molecule has 0 unspecified atom stereocenters. The highest BCUT2D eigenvalue weighted by Crippen LogP contribution is 1.77. The van der Waals surface area contributed by atoms with Crippen molar-refractivity contribution >= 4 is 30.8 Å². The van der Waals surface area contributed by atoms with Crippen LogP contribution < -0.4 is 5.73 Å². The summed E-state index contributed by atoms with van der Waals surface area (Å²) in [5, 5.41) is 0. The first-order valence-corrected chi connectivity index (χ1v) is 1.77. The number of hydrogen-bond donors (Lipinski definition) is 1. The van der Waals surface area contributed by atoms with E-state index >= 15 is 0 Å². The van der Waals surface area contributed by atoms with Gasteiger partial charge in [0.15, 0.2) is 0 Å². The van der Waals surface area contributed by atoms with Crippen molar-refractivity contribution in [2.24, 2.45) is 0 Å². The van der Waals surface area contributed by atoms with Gasteiger partial charge in [-0.05, 0) is 0 Å². The van der Waals surface area contributed by atoms with Crippen molar-refractivity contribution in [3.63, 3.8) is 0 Å². The predicted molar refractivity (Wildman–Crippen MR) is 38.7 cm³/mol. The first kappa shape index (κ1) is 11.2. The van der Waals surface area contributed by atoms with E-state index in [9.17, 15) is 0 Å². The minimum atomic E-state index is 0. The van der Waals surface area contributed by atoms with E-state index in [1.807, 2.05) is 0 Å². The van der Waals surface area contributed by atoms with Crippen LogP contribution >= 0.6 is 24.8 Å². The van der Waals surface area contributed by atoms with E-state index in [-0.39, 0.29) is 30.8 Å². The molecule has 6 heteroatoms. The van der Waals surface area contributed by atoms with Gasteiger partial charge in [-0.3, -0.25) is 0 Å². The van der Waals surface area contributed by atoms with Gasteiger partial charge < -0.3 is 5.73 Å². The molecule has 0 radical (unpaired) electrons. The largest absolute Gasteiger partial charge is 0.368 e. The van der Waals surface area contributed by atoms with Gasteiger partial charge >= 0.3 is 0 Å². The molecule has 0 amide bonds. The monoisotopic (exact) mass is 168 g/mol. The summed E-state index contributed by atoms with van der Waals surface area (Å²) in [4.78, 5) is 10.6. The summed E-state index contributed by atoms with van der Waals surface area (Å²) in [5.74, 6) is 0.259. The van der Waals surface area contributed by atoms with Gasteiger partial charge in [-0.2, -0.15) is 0 Å². The molecule has 0 aromatic carbocycles. The summed E-state index contributed by atoms with van der Waals surface area (Å²) in [6.45, 7) is 0. The molecule has 2 N–H and O–H groups in total. The fourth-order valence-electron chi connectivity index (χ4n) is 0.248. The van der Waals surface area contributed by atoms with Crippen molar-refractivity contribution in [1.29, 1.82) is 0 Å². The summed E-state index contributed by atoms with van der Waals surface area (Å²) in [5.41, 5.74) is 5.10. The minimum absolute atomic E-state index is 0. The SMILES string of the molecule is Cl.Cl.Nc1ncncn1. The quantitative estimate of drug-likeness (QED) is 0.606. The molecule has 0 aliphatic carbocycles. The Balaban J connectivity index is 0. The van der Waals surface area contributed by atoms with Crippen LogP contribution in [0.3, 0.4) is 0 Å². The van der Waals surface area contributed by atoms with Gasteiger partial charge in [0.25, 0.3) is 0 Å². The Morgan fingerprint density at radius 3 is 1.78 bits per heavy atom. The van der Waals surface area contributed by atoms with Crippen molar-refractivity contribution < 1.29 is 0 Å². The average molecular weight is 169 g/mol. The molecule has 1 aromatic heterocycles. The van der Waals surface area contributed by atoms with E-state index in [4.69, 9.17) is 5.73 Å². The number of anilines is 1. The molecule has 9 heavy (non-hydrogen) atoms. The molecule has 0 fully saturated rings. The molecular formula is C3H6Cl2N4. The van der Waals surface area contributed by atoms with E-state index in [0.29, 0.717) is 0 Å². The van der Waals surface area contributed by atoms with Crippen molar-refractivity contribution in [3.8, 4) is 0 Å². The second kappa shape index (κ2) is 5.53. The molecule has 0 spiro atoms. The van der Waals surface area contributed by atoms with Gasteiger partial charge in [-0.25, -0.2) is 15.0 Å². The Kier molecular flexibility index (Phi) is 6.89. The second-order valence-electron chi connectivity index (χ2n) is 0.996. The van der Waals surface area contributed by atoms with Gasteiger partial charge in [0.2, 0.25) is 5.95 Å². The number of halogens is 2. The molecule has 0 saturated heterocycles. The van der Waals surface area contributed by atoms with Crippen LogP contribution in [0, 0.1) is 0 Å². The third kappa shape index (κ3) is 3.93. The Bertz CT molecular complexity index is 144. The van der Waals surface area contributed by atoms with Gasteiger partial charge in [-0.1, -0.05) is 0 Å². The third-order valence-corrected chi connectivity index (χ3v) is 0.513. The van der Waals surface area contributed by atoms with Gasteiger partial charge in [0.05, 0.1) is 0 Å². The first-order valence-electron chi connectivity index (χ1n) is 1.77. The van der Waals surface area contributed by atoms with Crippen molar-refractivity contribution in [1.82, 2.24) is 15.0 Å². The number of nitrogens with zero attached hydrogens (tertiary/aromatic N) is 3. The summed E-state index contributed by atoms with van der Waals surface area (Å²) < 4.78 is 0. The Morgan fingerprint density at radius 2 is 1.56 bits per heavy atom. The zero-order chi connectivity index (χ0) is 5.11. The fraction of sp³-hybridized carbons (Fsp3) is 0. The molecular weight excluding hydrogens is 163 g/mol. The zero-order valence-electron chi connectivity index (χ0n) is 4.39. The number of aromatic nitrogens is 3. The molecule has 4 nitrogen and oxygen atoms in total. The van der Waals surface area contributed by atoms with Crippen LogP contribution in [-0.4, -0.2) is 15.0 Å². The third-order valence-electron chi connectivity index (χ3n) is 0.513. The molecule has 1 rings (SSSR count). The molecule has 0 atom stereocenters. The minimum Gasteiger partial charge on any atom is -0.368 e. The van der Waals surface area contributed by atoms with Gasteiger partial charge in [0.1, 0.15) is 12.7 Å². The van der Waals surface area contributed by atoms with E-state index < -0.39 is 0 Å². The van der Waals surface area contributed by atoms with E-state index in [1.165, 1.54) is 12.7 Å². The van der Waals surface area contributed by atoms with Crippen molar-refractivity contribution in [2.75, 3.05) is 5.73 Å². The lowest BCUT2D eigenvalue weighted by Gasteiger charge is -1.81. The number of nitrogens with two attached hydrogens (primary N) is 1. The summed E-state index contributed by atoms with van der Waals surface area (Å²) in [6.07, 6.45) is 2.70. The first-order chi connectivity index (χ1) is 3.39. The van der Waals surface area contributed by atoms with E-state index in [1.54, 1.807) is 0 Å². The lowest BCUT2D eigenvalue weighted by Crippen LogP contribution is -1.92. The highest BCUT2D eigenvalue weighted by Gasteiger charge is 1.76. The number of hydrogen-bond acceptors (Lipinski definition) is 4. The van der Waals surface area contributed by atoms with E-state index in [2.05, 4.69) is 15.0 Å². The summed E-state index contributed by atoms with van der Waals surface area (Å²) in [7, 11) is 0. The average Bonchev–Trinajstić information content (AvgIpc) is 1.69. The molecule has 0 saturated carbocycles. The molecule has 0 aliphatic rings. The molecule has 1 aromatic rings. The normalized spacial score (nSPS) is 6.67. The van der Waals surface area contributed by atoms with Crippen LogP contribution in [0.1, 0.15) is 0 Å². The zero-order valence-corrected chi connectivity index (χ0v) is 6.02. The van der Waals surface area contributed by atoms with Crippen molar-refractivity contribution in [3.05, 3.63) is 12.7 Å². The lowest BCUT2D eigenvalue weighted by atomic mass is 11.0. The van der Waals surface area contributed by atoms with Crippen LogP contribution in [0.5, 0.6) is 0 Å². The van der Waals surface area contributed by atoms with Crippen LogP contribution in [0.15, 0.2) is 12.7 Å². The van der Waals surface area contributed by atoms with Gasteiger partial charge in [0, 0.05) is 0 Å². The number of nitrogen functional groups attached to an aromatic ring is 1. The summed E-state index contributed by atoms with van der Waals surface area (Å²) in [6, 6.07) is 0. The molecule has 52 valence electrons. The topological polar surface area (TPSA) is 64.7 Å². The highest BCUT2D eigenvalue weighted by molar-refractivity contribution is 5.85. The smallest absolute Gasteiger partial charge is 0.222 e. The Morgan fingerprint density at radius 1 is 1.11 bits per heavy atom. The van der Waals surface area contributed by atoms with Crippen LogP contribution in [-0.2, 0) is 0 Å². The molecule has 1 heterocycles. The Labute approximate surface area is 64.7 Å². The summed E-state index contributed by atoms with van der Waals surface area (Å²) >= 11 is 0. The second-order valence-corrected chi connectivity index (χ2v) is 0.996. The molecule has 0 aliphatic heterocycles. The van der Waals surface area contributed by atoms with Gasteiger partial charge in [-0.15, -0.1) is 24.8 Å². The van der Waals surface area contributed by atoms with Crippen LogP contribution in [0.4, 0.5) is 5.95 Å². The van der Waals surface area contributed by atoms with Crippen molar-refractivity contribution in [2.45, 2.75) is 0 Å². The maximum Gasteiger partial charge on any atom is 0.222 e. The van der Waals surface area contributed by atoms with Crippen LogP contribution in [0.2, 0.25) is 0 Å². The lowest BCUT2D eigenvalue weighted by molar-refractivity contribution is 1.06. The van der Waals surface area contributed by atoms with E-state index in [0.717, 1.165) is 0 Å². The van der Waals surface area contributed by atoms with Crippen LogP contribution in [0.25, 0.3) is 0 Å². The maximum atomic E-state index is 5.10. The molecule has 0 bridgehead atoms. The fourth-order valence-corrected chi connectivity index (χ4v) is 0.248. The predicted octanol–water partition coefficient (Wildman–Crippen LogP) is 0.297. The Hall–Kier alpha value is -0.610. The maximum absolute atomic E-state index is 5.10. The highest BCUT2D eigenvalue weighted by atomic mass is 35.5.